The first-order valence-corrected chi connectivity index (χ1v) is 4.06. The maximum absolute atomic E-state index is 9.12. The molecule has 17 heavy (non-hydrogen) atoms. The van der Waals surface area contributed by atoms with Crippen molar-refractivity contribution in [1.82, 2.24) is 6.15 Å². The summed E-state index contributed by atoms with van der Waals surface area (Å²) in [5.74, 6) is 0. The molecule has 0 saturated carbocycles. The van der Waals surface area contributed by atoms with Crippen LogP contribution in [-0.2, 0) is 9.53 Å². The van der Waals surface area contributed by atoms with Crippen molar-refractivity contribution in [3.8, 4) is 0 Å². The summed E-state index contributed by atoms with van der Waals surface area (Å²) in [5, 5.41) is 51.5. The molecule has 9 nitrogen and oxygen atoms in total. The van der Waals surface area contributed by atoms with Crippen LogP contribution in [0.15, 0.2) is 0 Å². The van der Waals surface area contributed by atoms with Crippen LogP contribution in [0.4, 0.5) is 0 Å². The smallest absolute Gasteiger partial charge is 0.290 e. The Balaban J connectivity index is -0.000000356. The molecule has 9 N–H and O–H groups in total. The summed E-state index contributed by atoms with van der Waals surface area (Å²) in [6, 6.07) is 0. The molecule has 0 aromatic rings. The van der Waals surface area contributed by atoms with Crippen molar-refractivity contribution >= 4 is 6.47 Å². The zero-order valence-electron chi connectivity index (χ0n) is 8.38. The second-order valence-electron chi connectivity index (χ2n) is 2.82. The summed E-state index contributed by atoms with van der Waals surface area (Å²) in [4.78, 5) is 8.36. The Morgan fingerprint density at radius 2 is 1.47 bits per heavy atom. The van der Waals surface area contributed by atoms with Gasteiger partial charge in [0.2, 0.25) is 0 Å². The first-order chi connectivity index (χ1) is 6.99. The standard InChI is InChI=1S/C6H12O6.CH2O2.CH4.H3N/c7-1-2-3(8)4(9)5(10)6(11)12-2;2-1-3;;/h2-11H,1H2;1H,(H,2,3);1H4;1H3/t2-,3-,4+,5+,6+;;;/m1.../s1. The number of hydrogen-bond donors (Lipinski definition) is 7. The Labute approximate surface area is 98.5 Å². The quantitative estimate of drug-likeness (QED) is 0.246. The van der Waals surface area contributed by atoms with Crippen LogP contribution in [0.3, 0.4) is 0 Å². The molecule has 1 saturated heterocycles. The van der Waals surface area contributed by atoms with Gasteiger partial charge in [0.05, 0.1) is 6.61 Å². The molecule has 0 aromatic carbocycles. The van der Waals surface area contributed by atoms with E-state index in [1.165, 1.54) is 0 Å². The fraction of sp³-hybridized carbons (Fsp3) is 0.875. The molecule has 0 aliphatic carbocycles. The van der Waals surface area contributed by atoms with Crippen LogP contribution >= 0.6 is 0 Å². The predicted octanol–water partition coefficient (Wildman–Crippen LogP) is -2.72. The van der Waals surface area contributed by atoms with Gasteiger partial charge in [0.1, 0.15) is 24.4 Å². The average Bonchev–Trinajstić information content (AvgIpc) is 2.21. The van der Waals surface area contributed by atoms with Gasteiger partial charge in [-0.2, -0.15) is 0 Å². The number of aliphatic hydroxyl groups excluding tert-OH is 5. The Morgan fingerprint density at radius 1 is 1.06 bits per heavy atom. The highest BCUT2D eigenvalue weighted by Crippen LogP contribution is 2.18. The molecule has 106 valence electrons. The molecule has 0 radical (unpaired) electrons. The molecular formula is C8H21NO8. The number of ether oxygens (including phenoxy) is 1. The van der Waals surface area contributed by atoms with Gasteiger partial charge < -0.3 is 41.5 Å². The first kappa shape index (κ1) is 21.5. The van der Waals surface area contributed by atoms with Gasteiger partial charge in [-0.25, -0.2) is 0 Å². The van der Waals surface area contributed by atoms with E-state index in [1.54, 1.807) is 0 Å². The monoisotopic (exact) mass is 259 g/mol. The van der Waals surface area contributed by atoms with Crippen LogP contribution in [0.5, 0.6) is 0 Å². The fourth-order valence-electron chi connectivity index (χ4n) is 1.08. The Kier molecular flexibility index (Phi) is 13.1. The van der Waals surface area contributed by atoms with Crippen molar-refractivity contribution in [2.24, 2.45) is 0 Å². The second kappa shape index (κ2) is 10.4. The average molecular weight is 259 g/mol. The highest BCUT2D eigenvalue weighted by Gasteiger charge is 2.42. The lowest BCUT2D eigenvalue weighted by molar-refractivity contribution is -0.286. The molecule has 0 spiro atoms. The Morgan fingerprint density at radius 3 is 1.82 bits per heavy atom. The highest BCUT2D eigenvalue weighted by molar-refractivity contribution is 5.32. The van der Waals surface area contributed by atoms with E-state index in [-0.39, 0.29) is 20.0 Å². The van der Waals surface area contributed by atoms with E-state index in [0.29, 0.717) is 0 Å². The third-order valence-corrected chi connectivity index (χ3v) is 1.87. The van der Waals surface area contributed by atoms with Crippen LogP contribution < -0.4 is 6.15 Å². The number of carboxylic acid groups (broad SMARTS) is 1. The normalized spacial score (nSPS) is 35.5. The Bertz CT molecular complexity index is 188. The summed E-state index contributed by atoms with van der Waals surface area (Å²) in [6.07, 6.45) is -7.04. The van der Waals surface area contributed by atoms with Crippen molar-refractivity contribution in [2.45, 2.75) is 38.1 Å². The highest BCUT2D eigenvalue weighted by atomic mass is 16.6. The summed E-state index contributed by atoms with van der Waals surface area (Å²) >= 11 is 0. The first-order valence-electron chi connectivity index (χ1n) is 4.06. The van der Waals surface area contributed by atoms with Crippen molar-refractivity contribution in [2.75, 3.05) is 6.61 Å². The third kappa shape index (κ3) is 5.89. The maximum atomic E-state index is 9.12. The lowest BCUT2D eigenvalue weighted by atomic mass is 10.00. The topological polar surface area (TPSA) is 183 Å². The lowest BCUT2D eigenvalue weighted by Gasteiger charge is -2.37. The van der Waals surface area contributed by atoms with Gasteiger partial charge in [-0.15, -0.1) is 0 Å². The predicted molar refractivity (Wildman–Crippen MR) is 56.4 cm³/mol. The van der Waals surface area contributed by atoms with E-state index in [0.717, 1.165) is 0 Å². The molecule has 1 rings (SSSR count). The molecule has 0 bridgehead atoms. The molecule has 0 aromatic heterocycles. The van der Waals surface area contributed by atoms with Crippen LogP contribution in [0.25, 0.3) is 0 Å². The van der Waals surface area contributed by atoms with Crippen molar-refractivity contribution in [3.63, 3.8) is 0 Å². The van der Waals surface area contributed by atoms with Crippen molar-refractivity contribution in [3.05, 3.63) is 0 Å². The number of carbonyl (C=O) groups is 1. The van der Waals surface area contributed by atoms with Gasteiger partial charge in [0, 0.05) is 0 Å². The van der Waals surface area contributed by atoms with Gasteiger partial charge >= 0.3 is 0 Å². The maximum Gasteiger partial charge on any atom is 0.290 e. The number of aliphatic hydroxyl groups is 5. The van der Waals surface area contributed by atoms with Crippen LogP contribution in [0, 0.1) is 0 Å². The third-order valence-electron chi connectivity index (χ3n) is 1.87. The summed E-state index contributed by atoms with van der Waals surface area (Å²) in [6.45, 7) is -0.776. The van der Waals surface area contributed by atoms with Crippen LogP contribution in [0.2, 0.25) is 0 Å². The van der Waals surface area contributed by atoms with E-state index >= 15 is 0 Å². The van der Waals surface area contributed by atoms with Crippen molar-refractivity contribution < 1.29 is 40.2 Å². The summed E-state index contributed by atoms with van der Waals surface area (Å²) in [5.41, 5.74) is 0. The van der Waals surface area contributed by atoms with E-state index in [4.69, 9.17) is 35.4 Å². The van der Waals surface area contributed by atoms with Crippen molar-refractivity contribution in [1.29, 1.82) is 0 Å². The fourth-order valence-corrected chi connectivity index (χ4v) is 1.08. The molecular weight excluding hydrogens is 238 g/mol. The van der Waals surface area contributed by atoms with Crippen LogP contribution in [-0.4, -0.2) is 74.4 Å². The van der Waals surface area contributed by atoms with Gasteiger partial charge in [0.15, 0.2) is 6.29 Å². The number of rotatable bonds is 1. The van der Waals surface area contributed by atoms with Gasteiger partial charge in [-0.05, 0) is 0 Å². The minimum Gasteiger partial charge on any atom is -0.483 e. The minimum absolute atomic E-state index is 0. The molecule has 1 heterocycles. The van der Waals surface area contributed by atoms with E-state index in [1.807, 2.05) is 0 Å². The second-order valence-corrected chi connectivity index (χ2v) is 2.82. The molecule has 1 aliphatic heterocycles. The molecule has 0 amide bonds. The largest absolute Gasteiger partial charge is 0.483 e. The van der Waals surface area contributed by atoms with Gasteiger partial charge in [-0.3, -0.25) is 4.79 Å². The summed E-state index contributed by atoms with van der Waals surface area (Å²) < 4.78 is 4.58. The molecule has 0 unspecified atom stereocenters. The molecule has 9 heteroatoms. The van der Waals surface area contributed by atoms with Gasteiger partial charge in [0.25, 0.3) is 6.47 Å². The lowest BCUT2D eigenvalue weighted by Crippen LogP contribution is -2.58. The zero-order valence-corrected chi connectivity index (χ0v) is 8.38. The molecule has 5 atom stereocenters. The Hall–Kier alpha value is -0.810. The zero-order chi connectivity index (χ0) is 12.0. The van der Waals surface area contributed by atoms with E-state index < -0.39 is 37.3 Å². The molecule has 1 aliphatic rings. The minimum atomic E-state index is -1.57. The van der Waals surface area contributed by atoms with Gasteiger partial charge in [-0.1, -0.05) is 7.43 Å². The number of hydrogen-bond acceptors (Lipinski definition) is 8. The summed E-state index contributed by atoms with van der Waals surface area (Å²) in [7, 11) is 0. The van der Waals surface area contributed by atoms with E-state index in [9.17, 15) is 0 Å². The SMILES string of the molecule is C.N.O=CO.OC[C@H]1O[C@H](O)[C@@H](O)[C@@H](O)[C@@H]1O. The van der Waals surface area contributed by atoms with Crippen LogP contribution in [0.1, 0.15) is 7.43 Å². The molecule has 1 fully saturated rings. The van der Waals surface area contributed by atoms with E-state index in [2.05, 4.69) is 4.74 Å².